The molecule has 1 aromatic carbocycles. The van der Waals surface area contributed by atoms with E-state index in [2.05, 4.69) is 28.2 Å². The van der Waals surface area contributed by atoms with Crippen molar-refractivity contribution < 1.29 is 0 Å². The van der Waals surface area contributed by atoms with Gasteiger partial charge >= 0.3 is 0 Å². The SMILES string of the molecule is N[C@H]1CCCCCCc2ccccc2-c2nc1[nH]c2Cl. The van der Waals surface area contributed by atoms with Crippen molar-refractivity contribution >= 4 is 11.6 Å². The van der Waals surface area contributed by atoms with Crippen LogP contribution < -0.4 is 5.73 Å². The molecule has 20 heavy (non-hydrogen) atoms. The molecule has 2 bridgehead atoms. The second kappa shape index (κ2) is 5.98. The van der Waals surface area contributed by atoms with Gasteiger partial charge in [0.25, 0.3) is 0 Å². The van der Waals surface area contributed by atoms with Crippen LogP contribution in [0.2, 0.25) is 5.15 Å². The molecule has 0 saturated heterocycles. The van der Waals surface area contributed by atoms with Gasteiger partial charge in [0.05, 0.1) is 6.04 Å². The van der Waals surface area contributed by atoms with Crippen LogP contribution in [0.5, 0.6) is 0 Å². The lowest BCUT2D eigenvalue weighted by molar-refractivity contribution is 0.543. The maximum absolute atomic E-state index is 6.34. The Hall–Kier alpha value is -1.32. The van der Waals surface area contributed by atoms with Crippen molar-refractivity contribution in [2.24, 2.45) is 5.73 Å². The zero-order valence-corrected chi connectivity index (χ0v) is 12.3. The van der Waals surface area contributed by atoms with Crippen molar-refractivity contribution in [1.29, 1.82) is 0 Å². The molecule has 3 nitrogen and oxygen atoms in total. The summed E-state index contributed by atoms with van der Waals surface area (Å²) in [5, 5.41) is 0.599. The van der Waals surface area contributed by atoms with E-state index in [-0.39, 0.29) is 6.04 Å². The van der Waals surface area contributed by atoms with E-state index in [4.69, 9.17) is 17.3 Å². The van der Waals surface area contributed by atoms with E-state index in [1.807, 2.05) is 6.07 Å². The van der Waals surface area contributed by atoms with Crippen molar-refractivity contribution in [1.82, 2.24) is 9.97 Å². The molecule has 0 aliphatic carbocycles. The maximum atomic E-state index is 6.34. The molecule has 0 unspecified atom stereocenters. The number of nitrogens with two attached hydrogens (primary N) is 1. The van der Waals surface area contributed by atoms with Crippen LogP contribution in [0, 0.1) is 0 Å². The van der Waals surface area contributed by atoms with Crippen molar-refractivity contribution in [3.8, 4) is 11.3 Å². The smallest absolute Gasteiger partial charge is 0.134 e. The second-order valence-corrected chi connectivity index (χ2v) is 5.88. The number of hydrogen-bond acceptors (Lipinski definition) is 2. The molecule has 0 fully saturated rings. The third-order valence-electron chi connectivity index (χ3n) is 4.01. The summed E-state index contributed by atoms with van der Waals surface area (Å²) < 4.78 is 0. The highest BCUT2D eigenvalue weighted by Gasteiger charge is 2.18. The Morgan fingerprint density at radius 3 is 2.85 bits per heavy atom. The van der Waals surface area contributed by atoms with E-state index in [9.17, 15) is 0 Å². The molecule has 0 spiro atoms. The predicted octanol–water partition coefficient (Wildman–Crippen LogP) is 4.24. The van der Waals surface area contributed by atoms with E-state index < -0.39 is 0 Å². The van der Waals surface area contributed by atoms with Crippen LogP contribution in [0.1, 0.15) is 49.5 Å². The molecule has 2 heterocycles. The van der Waals surface area contributed by atoms with Gasteiger partial charge < -0.3 is 10.7 Å². The van der Waals surface area contributed by atoms with Crippen molar-refractivity contribution in [3.63, 3.8) is 0 Å². The average molecular weight is 290 g/mol. The molecule has 1 aromatic heterocycles. The topological polar surface area (TPSA) is 54.7 Å². The second-order valence-electron chi connectivity index (χ2n) is 5.50. The molecule has 1 atom stereocenters. The number of nitrogens with zero attached hydrogens (tertiary/aromatic N) is 1. The lowest BCUT2D eigenvalue weighted by Gasteiger charge is -2.11. The normalized spacial score (nSPS) is 19.8. The first kappa shape index (κ1) is 13.7. The fraction of sp³-hybridized carbons (Fsp3) is 0.438. The molecule has 2 aromatic rings. The van der Waals surface area contributed by atoms with Crippen LogP contribution >= 0.6 is 11.6 Å². The Kier molecular flexibility index (Phi) is 4.08. The van der Waals surface area contributed by atoms with Crippen LogP contribution in [-0.4, -0.2) is 9.97 Å². The minimum atomic E-state index is -0.0483. The van der Waals surface area contributed by atoms with Crippen LogP contribution in [0.25, 0.3) is 11.3 Å². The van der Waals surface area contributed by atoms with Gasteiger partial charge in [-0.3, -0.25) is 0 Å². The summed E-state index contributed by atoms with van der Waals surface area (Å²) in [4.78, 5) is 7.81. The number of aromatic nitrogens is 2. The first-order valence-electron chi connectivity index (χ1n) is 7.35. The molecule has 4 heteroatoms. The highest BCUT2D eigenvalue weighted by atomic mass is 35.5. The van der Waals surface area contributed by atoms with Gasteiger partial charge in [0, 0.05) is 5.56 Å². The fourth-order valence-electron chi connectivity index (χ4n) is 2.86. The van der Waals surface area contributed by atoms with E-state index in [1.165, 1.54) is 24.8 Å². The number of halogens is 1. The molecule has 3 rings (SSSR count). The predicted molar refractivity (Wildman–Crippen MR) is 82.8 cm³/mol. The highest BCUT2D eigenvalue weighted by Crippen LogP contribution is 2.31. The van der Waals surface area contributed by atoms with Crippen molar-refractivity contribution in [2.75, 3.05) is 0 Å². The van der Waals surface area contributed by atoms with E-state index in [0.29, 0.717) is 5.15 Å². The molecular weight excluding hydrogens is 270 g/mol. The van der Waals surface area contributed by atoms with E-state index >= 15 is 0 Å². The summed E-state index contributed by atoms with van der Waals surface area (Å²) >= 11 is 6.34. The van der Waals surface area contributed by atoms with Crippen molar-refractivity contribution in [3.05, 3.63) is 40.8 Å². The maximum Gasteiger partial charge on any atom is 0.134 e. The molecule has 0 amide bonds. The highest BCUT2D eigenvalue weighted by molar-refractivity contribution is 6.32. The van der Waals surface area contributed by atoms with Gasteiger partial charge in [-0.1, -0.05) is 55.1 Å². The number of fused-ring (bicyclic) bond motifs is 4. The number of imidazole rings is 1. The minimum absolute atomic E-state index is 0.0483. The summed E-state index contributed by atoms with van der Waals surface area (Å²) in [6.45, 7) is 0. The zero-order valence-electron chi connectivity index (χ0n) is 11.5. The number of rotatable bonds is 0. The zero-order chi connectivity index (χ0) is 13.9. The summed E-state index contributed by atoms with van der Waals surface area (Å²) in [5.74, 6) is 0.806. The Balaban J connectivity index is 2.06. The van der Waals surface area contributed by atoms with Crippen LogP contribution in [0.4, 0.5) is 0 Å². The molecule has 1 aliphatic rings. The molecule has 3 N–H and O–H groups in total. The number of aryl methyl sites for hydroxylation is 1. The van der Waals surface area contributed by atoms with Gasteiger partial charge in [-0.05, 0) is 24.8 Å². The Morgan fingerprint density at radius 2 is 1.95 bits per heavy atom. The third kappa shape index (κ3) is 2.74. The van der Waals surface area contributed by atoms with Crippen LogP contribution in [0.15, 0.2) is 24.3 Å². The number of H-pyrrole nitrogens is 1. The molecule has 1 aliphatic heterocycles. The Labute approximate surface area is 124 Å². The third-order valence-corrected chi connectivity index (χ3v) is 4.29. The number of nitrogens with one attached hydrogen (secondary N) is 1. The van der Waals surface area contributed by atoms with Gasteiger partial charge in [-0.15, -0.1) is 0 Å². The summed E-state index contributed by atoms with van der Waals surface area (Å²) in [6.07, 6.45) is 6.90. The monoisotopic (exact) mass is 289 g/mol. The molecule has 0 saturated carbocycles. The molecule has 0 radical (unpaired) electrons. The Bertz CT molecular complexity index is 591. The van der Waals surface area contributed by atoms with Crippen LogP contribution in [0.3, 0.4) is 0 Å². The summed E-state index contributed by atoms with van der Waals surface area (Å²) in [7, 11) is 0. The first-order chi connectivity index (χ1) is 9.75. The summed E-state index contributed by atoms with van der Waals surface area (Å²) in [5.41, 5.74) is 9.49. The summed E-state index contributed by atoms with van der Waals surface area (Å²) in [6, 6.07) is 8.34. The van der Waals surface area contributed by atoms with Gasteiger partial charge in [0.2, 0.25) is 0 Å². The minimum Gasteiger partial charge on any atom is -0.331 e. The molecule has 106 valence electrons. The number of benzene rings is 1. The standard InChI is InChI=1S/C16H20ClN3/c17-15-14-12-9-6-5-8-11(12)7-3-1-2-4-10-13(18)16(19-14)20-15/h5-6,8-9,13H,1-4,7,10,18H2,(H,19,20)/t13-/m0/s1. The number of aromatic amines is 1. The molecular formula is C16H20ClN3. The lowest BCUT2D eigenvalue weighted by Crippen LogP contribution is -2.12. The van der Waals surface area contributed by atoms with E-state index in [1.54, 1.807) is 0 Å². The quantitative estimate of drug-likeness (QED) is 0.762. The van der Waals surface area contributed by atoms with E-state index in [0.717, 1.165) is 36.3 Å². The van der Waals surface area contributed by atoms with Crippen LogP contribution in [-0.2, 0) is 6.42 Å². The van der Waals surface area contributed by atoms with Gasteiger partial charge in [-0.25, -0.2) is 4.98 Å². The van der Waals surface area contributed by atoms with Crippen molar-refractivity contribution in [2.45, 2.75) is 44.6 Å². The largest absolute Gasteiger partial charge is 0.331 e. The number of hydrogen-bond donors (Lipinski definition) is 2. The first-order valence-corrected chi connectivity index (χ1v) is 7.73. The van der Waals surface area contributed by atoms with Gasteiger partial charge in [-0.2, -0.15) is 0 Å². The lowest BCUT2D eigenvalue weighted by atomic mass is 9.98. The average Bonchev–Trinajstić information content (AvgIpc) is 2.84. The van der Waals surface area contributed by atoms with Gasteiger partial charge in [0.15, 0.2) is 0 Å². The van der Waals surface area contributed by atoms with Gasteiger partial charge in [0.1, 0.15) is 16.7 Å². The Morgan fingerprint density at radius 1 is 1.15 bits per heavy atom. The fourth-order valence-corrected chi connectivity index (χ4v) is 3.10.